The summed E-state index contributed by atoms with van der Waals surface area (Å²) in [6.45, 7) is -0.336. The van der Waals surface area contributed by atoms with Crippen molar-refractivity contribution >= 4 is 29.0 Å². The second-order valence-electron chi connectivity index (χ2n) is 8.90. The van der Waals surface area contributed by atoms with Gasteiger partial charge in [0, 0.05) is 13.0 Å². The van der Waals surface area contributed by atoms with Gasteiger partial charge in [-0.1, -0.05) is 25.7 Å². The normalized spacial score (nSPS) is 23.3. The number of carbonyl (C=O) groups is 2. The molecule has 7 N–H and O–H groups in total. The number of anilines is 1. The van der Waals surface area contributed by atoms with Gasteiger partial charge in [-0.15, -0.1) is 0 Å². The van der Waals surface area contributed by atoms with E-state index in [0.29, 0.717) is 12.8 Å². The molecule has 5 atom stereocenters. The standard InChI is InChI=1S/C23H34N6O9/c1-36-14(31)8-6-4-2-3-5-7-9-37-22-15(18(33)17(32)13(11-30)38-22)27-20(34)12-10-25-19-16(26-12)21(35)29-23(24)28-19/h10,13,15,17-18,22,30,32-33H,2-9,11H2,1H3,(H,27,34)(H3,24,25,28,29,35)/t13?,15?,17-,18?,22-/m1/s1. The zero-order valence-corrected chi connectivity index (χ0v) is 21.0. The van der Waals surface area contributed by atoms with Crippen LogP contribution < -0.4 is 16.6 Å². The molecule has 15 heteroatoms. The molecule has 3 rings (SSSR count). The number of aromatic amines is 1. The first-order valence-corrected chi connectivity index (χ1v) is 12.4. The molecule has 2 aromatic heterocycles. The predicted molar refractivity (Wildman–Crippen MR) is 132 cm³/mol. The van der Waals surface area contributed by atoms with Crippen molar-refractivity contribution in [2.45, 2.75) is 75.6 Å². The number of amides is 1. The largest absolute Gasteiger partial charge is 0.469 e. The van der Waals surface area contributed by atoms with Crippen LogP contribution in [0.15, 0.2) is 11.0 Å². The van der Waals surface area contributed by atoms with Crippen LogP contribution >= 0.6 is 0 Å². The van der Waals surface area contributed by atoms with Crippen molar-refractivity contribution in [1.29, 1.82) is 0 Å². The number of rotatable bonds is 13. The molecule has 0 spiro atoms. The molecule has 210 valence electrons. The maximum absolute atomic E-state index is 12.9. The van der Waals surface area contributed by atoms with E-state index in [0.717, 1.165) is 38.3 Å². The molecule has 0 bridgehead atoms. The van der Waals surface area contributed by atoms with Crippen LogP contribution in [0.3, 0.4) is 0 Å². The topological polar surface area (TPSA) is 232 Å². The first kappa shape index (κ1) is 29.3. The number of carbonyl (C=O) groups excluding carboxylic acids is 2. The van der Waals surface area contributed by atoms with E-state index in [9.17, 15) is 29.7 Å². The van der Waals surface area contributed by atoms with Crippen molar-refractivity contribution in [2.24, 2.45) is 0 Å². The highest BCUT2D eigenvalue weighted by atomic mass is 16.7. The smallest absolute Gasteiger partial charge is 0.305 e. The fraction of sp³-hybridized carbons (Fsp3) is 0.652. The van der Waals surface area contributed by atoms with Gasteiger partial charge < -0.3 is 40.6 Å². The fourth-order valence-corrected chi connectivity index (χ4v) is 4.03. The Labute approximate surface area is 217 Å². The molecule has 0 saturated carbocycles. The molecule has 38 heavy (non-hydrogen) atoms. The number of hydrogen-bond acceptors (Lipinski definition) is 13. The van der Waals surface area contributed by atoms with E-state index in [1.165, 1.54) is 7.11 Å². The summed E-state index contributed by atoms with van der Waals surface area (Å²) in [5.41, 5.74) is 4.31. The van der Waals surface area contributed by atoms with E-state index >= 15 is 0 Å². The molecule has 1 fully saturated rings. The number of nitrogen functional groups attached to an aromatic ring is 1. The monoisotopic (exact) mass is 538 g/mol. The SMILES string of the molecule is COC(=O)CCCCCCCCO[C@@H]1OC(CO)[C@@H](O)C(O)C1NC(=O)c1cnc2nc(N)[nH]c(=O)c2n1. The maximum atomic E-state index is 12.9. The highest BCUT2D eigenvalue weighted by Crippen LogP contribution is 2.23. The number of nitrogens with two attached hydrogens (primary N) is 1. The zero-order chi connectivity index (χ0) is 27.7. The number of ether oxygens (including phenoxy) is 3. The number of unbranched alkanes of at least 4 members (excludes halogenated alkanes) is 5. The van der Waals surface area contributed by atoms with Gasteiger partial charge in [0.2, 0.25) is 5.95 Å². The second-order valence-corrected chi connectivity index (χ2v) is 8.90. The molecule has 1 saturated heterocycles. The van der Waals surface area contributed by atoms with E-state index in [-0.39, 0.29) is 35.4 Å². The van der Waals surface area contributed by atoms with Crippen LogP contribution in [0.5, 0.6) is 0 Å². The van der Waals surface area contributed by atoms with Gasteiger partial charge in [-0.3, -0.25) is 19.4 Å². The van der Waals surface area contributed by atoms with Gasteiger partial charge in [0.05, 0.1) is 19.9 Å². The van der Waals surface area contributed by atoms with Crippen LogP contribution in [0.25, 0.3) is 11.2 Å². The summed E-state index contributed by atoms with van der Waals surface area (Å²) in [4.78, 5) is 50.2. The van der Waals surface area contributed by atoms with E-state index < -0.39 is 48.7 Å². The summed E-state index contributed by atoms with van der Waals surface area (Å²) < 4.78 is 16.0. The first-order chi connectivity index (χ1) is 18.2. The molecule has 1 aliphatic heterocycles. The summed E-state index contributed by atoms with van der Waals surface area (Å²) in [7, 11) is 1.37. The van der Waals surface area contributed by atoms with Crippen LogP contribution in [0.4, 0.5) is 5.95 Å². The van der Waals surface area contributed by atoms with Crippen molar-refractivity contribution in [2.75, 3.05) is 26.1 Å². The Kier molecular flexibility index (Phi) is 10.8. The molecule has 0 radical (unpaired) electrons. The number of aliphatic hydroxyl groups excluding tert-OH is 3. The lowest BCUT2D eigenvalue weighted by Crippen LogP contribution is -2.64. The van der Waals surface area contributed by atoms with Crippen molar-refractivity contribution in [1.82, 2.24) is 25.3 Å². The van der Waals surface area contributed by atoms with E-state index in [4.69, 9.17) is 15.2 Å². The lowest BCUT2D eigenvalue weighted by Gasteiger charge is -2.42. The number of H-pyrrole nitrogens is 1. The van der Waals surface area contributed by atoms with Crippen molar-refractivity contribution in [3.8, 4) is 0 Å². The third-order valence-electron chi connectivity index (χ3n) is 6.13. The van der Waals surface area contributed by atoms with Gasteiger partial charge >= 0.3 is 5.97 Å². The molecule has 0 aliphatic carbocycles. The van der Waals surface area contributed by atoms with E-state index in [1.54, 1.807) is 0 Å². The van der Waals surface area contributed by atoms with Crippen LogP contribution in [0.1, 0.15) is 55.4 Å². The number of methoxy groups -OCH3 is 1. The lowest BCUT2D eigenvalue weighted by atomic mass is 9.97. The summed E-state index contributed by atoms with van der Waals surface area (Å²) in [5.74, 6) is -1.18. The van der Waals surface area contributed by atoms with Gasteiger partial charge in [-0.05, 0) is 12.8 Å². The number of hydrogen-bond donors (Lipinski definition) is 6. The predicted octanol–water partition coefficient (Wildman–Crippen LogP) is -1.25. The molecule has 0 aromatic carbocycles. The fourth-order valence-electron chi connectivity index (χ4n) is 4.03. The number of nitrogens with one attached hydrogen (secondary N) is 2. The van der Waals surface area contributed by atoms with Gasteiger partial charge in [-0.25, -0.2) is 9.97 Å². The van der Waals surface area contributed by atoms with E-state index in [1.807, 2.05) is 0 Å². The molecule has 3 heterocycles. The Morgan fingerprint density at radius 1 is 1.13 bits per heavy atom. The third-order valence-corrected chi connectivity index (χ3v) is 6.13. The van der Waals surface area contributed by atoms with E-state index in [2.05, 4.69) is 30.0 Å². The minimum atomic E-state index is -1.53. The maximum Gasteiger partial charge on any atom is 0.305 e. The molecular formula is C23H34N6O9. The number of esters is 1. The Balaban J connectivity index is 1.57. The Morgan fingerprint density at radius 3 is 2.55 bits per heavy atom. The van der Waals surface area contributed by atoms with Gasteiger partial charge in [0.15, 0.2) is 17.5 Å². The molecule has 1 amide bonds. The summed E-state index contributed by atoms with van der Waals surface area (Å²) in [6, 6.07) is -1.21. The van der Waals surface area contributed by atoms with Crippen molar-refractivity contribution < 1.29 is 39.1 Å². The molecule has 15 nitrogen and oxygen atoms in total. The molecule has 1 aliphatic rings. The Morgan fingerprint density at radius 2 is 1.84 bits per heavy atom. The zero-order valence-electron chi connectivity index (χ0n) is 21.0. The Bertz CT molecular complexity index is 1150. The molecule has 3 unspecified atom stereocenters. The highest BCUT2D eigenvalue weighted by molar-refractivity contribution is 5.93. The minimum absolute atomic E-state index is 0.0466. The minimum Gasteiger partial charge on any atom is -0.469 e. The van der Waals surface area contributed by atoms with Gasteiger partial charge in [0.25, 0.3) is 11.5 Å². The van der Waals surface area contributed by atoms with Crippen molar-refractivity contribution in [3.05, 3.63) is 22.2 Å². The van der Waals surface area contributed by atoms with Gasteiger partial charge in [0.1, 0.15) is 30.0 Å². The number of aliphatic hydroxyl groups is 3. The lowest BCUT2D eigenvalue weighted by molar-refractivity contribution is -0.269. The highest BCUT2D eigenvalue weighted by Gasteiger charge is 2.45. The quantitative estimate of drug-likeness (QED) is 0.129. The second kappa shape index (κ2) is 14.1. The molecular weight excluding hydrogens is 504 g/mol. The van der Waals surface area contributed by atoms with Crippen LogP contribution in [0.2, 0.25) is 0 Å². The number of aromatic nitrogens is 4. The summed E-state index contributed by atoms with van der Waals surface area (Å²) in [5, 5.41) is 33.0. The van der Waals surface area contributed by atoms with Crippen LogP contribution in [0, 0.1) is 0 Å². The Hall–Kier alpha value is -3.24. The average Bonchev–Trinajstić information content (AvgIpc) is 2.90. The van der Waals surface area contributed by atoms with Crippen LogP contribution in [-0.2, 0) is 19.0 Å². The number of nitrogens with zero attached hydrogens (tertiary/aromatic N) is 3. The average molecular weight is 539 g/mol. The first-order valence-electron chi connectivity index (χ1n) is 12.4. The molecule has 2 aromatic rings. The summed E-state index contributed by atoms with van der Waals surface area (Å²) >= 11 is 0. The summed E-state index contributed by atoms with van der Waals surface area (Å²) in [6.07, 6.45) is 1.24. The number of fused-ring (bicyclic) bond motifs is 1. The van der Waals surface area contributed by atoms with Crippen LogP contribution in [-0.4, -0.2) is 98.1 Å². The third kappa shape index (κ3) is 7.64. The van der Waals surface area contributed by atoms with Gasteiger partial charge in [-0.2, -0.15) is 4.98 Å². The van der Waals surface area contributed by atoms with Crippen molar-refractivity contribution in [3.63, 3.8) is 0 Å².